The van der Waals surface area contributed by atoms with Crippen LogP contribution in [0, 0.1) is 23.5 Å². The van der Waals surface area contributed by atoms with Gasteiger partial charge < -0.3 is 20.4 Å². The summed E-state index contributed by atoms with van der Waals surface area (Å²) in [6.07, 6.45) is 1.55. The maximum Gasteiger partial charge on any atom is 0.250 e. The minimum atomic E-state index is -1.37. The fraction of sp³-hybridized carbons (Fsp3) is 0.483. The third kappa shape index (κ3) is 5.79. The second-order valence-corrected chi connectivity index (χ2v) is 11.0. The molecule has 2 saturated heterocycles. The van der Waals surface area contributed by atoms with Gasteiger partial charge in [-0.1, -0.05) is 44.2 Å². The van der Waals surface area contributed by atoms with Crippen molar-refractivity contribution in [3.8, 4) is 0 Å². The third-order valence-electron chi connectivity index (χ3n) is 7.90. The van der Waals surface area contributed by atoms with Gasteiger partial charge in [0.25, 0.3) is 0 Å². The molecule has 5 rings (SSSR count). The second kappa shape index (κ2) is 12.0. The molecule has 7 nitrogen and oxygen atoms in total. The van der Waals surface area contributed by atoms with E-state index in [9.17, 15) is 18.8 Å². The molecule has 0 unspecified atom stereocenters. The van der Waals surface area contributed by atoms with Crippen molar-refractivity contribution in [1.29, 1.82) is 0 Å². The molecular formula is C29H35ClF2N4O3. The van der Waals surface area contributed by atoms with E-state index in [0.717, 1.165) is 23.3 Å². The van der Waals surface area contributed by atoms with Crippen molar-refractivity contribution in [2.45, 2.75) is 51.2 Å². The third-order valence-corrected chi connectivity index (χ3v) is 7.90. The molecule has 3 amide bonds. The number of benzene rings is 2. The summed E-state index contributed by atoms with van der Waals surface area (Å²) in [6, 6.07) is 7.81. The monoisotopic (exact) mass is 560 g/mol. The van der Waals surface area contributed by atoms with E-state index in [1.54, 1.807) is 4.90 Å². The Kier molecular flexibility index (Phi) is 8.91. The number of halogens is 3. The van der Waals surface area contributed by atoms with Gasteiger partial charge in [0.1, 0.15) is 29.8 Å². The second-order valence-electron chi connectivity index (χ2n) is 11.0. The van der Waals surface area contributed by atoms with E-state index < -0.39 is 41.6 Å². The average Bonchev–Trinajstić information content (AvgIpc) is 3.33. The molecule has 2 N–H and O–H groups in total. The summed E-state index contributed by atoms with van der Waals surface area (Å²) in [7, 11) is 0. The summed E-state index contributed by atoms with van der Waals surface area (Å²) < 4.78 is 29.2. The van der Waals surface area contributed by atoms with Gasteiger partial charge in [-0.3, -0.25) is 14.4 Å². The van der Waals surface area contributed by atoms with Crippen molar-refractivity contribution in [2.24, 2.45) is 11.8 Å². The smallest absolute Gasteiger partial charge is 0.250 e. The first kappa shape index (κ1) is 29.0. The van der Waals surface area contributed by atoms with Gasteiger partial charge in [-0.05, 0) is 48.3 Å². The van der Waals surface area contributed by atoms with Gasteiger partial charge in [-0.15, -0.1) is 12.4 Å². The van der Waals surface area contributed by atoms with Gasteiger partial charge in [0, 0.05) is 37.8 Å². The highest BCUT2D eigenvalue weighted by atomic mass is 35.5. The molecule has 0 spiro atoms. The normalized spacial score (nSPS) is 22.4. The maximum absolute atomic E-state index is 15.3. The molecule has 0 bridgehead atoms. The average molecular weight is 561 g/mol. The molecule has 39 heavy (non-hydrogen) atoms. The first-order valence-electron chi connectivity index (χ1n) is 13.4. The van der Waals surface area contributed by atoms with Gasteiger partial charge in [0.15, 0.2) is 0 Å². The Morgan fingerprint density at radius 2 is 1.67 bits per heavy atom. The highest BCUT2D eigenvalue weighted by molar-refractivity contribution is 6.00. The summed E-state index contributed by atoms with van der Waals surface area (Å²) in [5.74, 6) is -3.04. The Morgan fingerprint density at radius 3 is 2.26 bits per heavy atom. The summed E-state index contributed by atoms with van der Waals surface area (Å²) in [5.41, 5.74) is 2.17. The van der Waals surface area contributed by atoms with E-state index in [1.807, 2.05) is 38.1 Å². The van der Waals surface area contributed by atoms with Crippen LogP contribution in [0.25, 0.3) is 0 Å². The summed E-state index contributed by atoms with van der Waals surface area (Å²) in [5, 5.41) is 6.15. The fourth-order valence-electron chi connectivity index (χ4n) is 6.06. The first-order chi connectivity index (χ1) is 18.2. The van der Waals surface area contributed by atoms with Crippen LogP contribution in [0.4, 0.5) is 8.78 Å². The number of fused-ring (bicyclic) bond motifs is 1. The molecule has 2 aromatic carbocycles. The number of piperazine rings is 2. The van der Waals surface area contributed by atoms with Gasteiger partial charge in [0.05, 0.1) is 0 Å². The van der Waals surface area contributed by atoms with Crippen LogP contribution in [0.1, 0.15) is 43.0 Å². The lowest BCUT2D eigenvalue weighted by atomic mass is 9.87. The molecule has 210 valence electrons. The largest absolute Gasteiger partial charge is 0.342 e. The van der Waals surface area contributed by atoms with E-state index in [4.69, 9.17) is 0 Å². The lowest BCUT2D eigenvalue weighted by molar-refractivity contribution is -0.160. The van der Waals surface area contributed by atoms with Crippen LogP contribution in [0.2, 0.25) is 0 Å². The number of nitrogens with one attached hydrogen (secondary N) is 2. The number of amides is 3. The van der Waals surface area contributed by atoms with Gasteiger partial charge in [-0.2, -0.15) is 0 Å². The van der Waals surface area contributed by atoms with Crippen LogP contribution in [0.15, 0.2) is 42.5 Å². The number of carbonyl (C=O) groups is 3. The molecule has 1 aliphatic carbocycles. The maximum atomic E-state index is 15.3. The quantitative estimate of drug-likeness (QED) is 0.569. The number of rotatable bonds is 6. The zero-order chi connectivity index (χ0) is 27.0. The molecule has 3 aliphatic rings. The predicted octanol–water partition coefficient (Wildman–Crippen LogP) is 3.02. The van der Waals surface area contributed by atoms with E-state index in [0.29, 0.717) is 45.4 Å². The first-order valence-corrected chi connectivity index (χ1v) is 13.4. The van der Waals surface area contributed by atoms with Crippen LogP contribution in [-0.4, -0.2) is 65.8 Å². The Balaban J connectivity index is 0.00000353. The molecular weight excluding hydrogens is 526 g/mol. The molecule has 3 atom stereocenters. The number of hydrogen-bond acceptors (Lipinski definition) is 4. The van der Waals surface area contributed by atoms with Gasteiger partial charge in [-0.25, -0.2) is 8.78 Å². The summed E-state index contributed by atoms with van der Waals surface area (Å²) in [4.78, 5) is 44.9. The van der Waals surface area contributed by atoms with E-state index >= 15 is 4.39 Å². The Labute approximate surface area is 233 Å². The standard InChI is InChI=1S/C29H34F2N4O3.ClH/c1-17(2)13-24-27(36)33-25(20-14-18-5-3-4-6-19(18)15-20)28(37)35(24)26(22-8-7-21(30)16-23(22)31)29(38)34-11-9-32-10-12-34;/h3-8,16-17,20,24-26,32H,9-15H2,1-2H3,(H,33,36);1H/t24-,25-,26-;/m1./s1. The Hall–Kier alpha value is -3.04. The fourth-order valence-corrected chi connectivity index (χ4v) is 6.06. The minimum Gasteiger partial charge on any atom is -0.342 e. The van der Waals surface area contributed by atoms with Gasteiger partial charge in [0.2, 0.25) is 17.7 Å². The Bertz CT molecular complexity index is 1210. The van der Waals surface area contributed by atoms with Crippen molar-refractivity contribution in [1.82, 2.24) is 20.4 Å². The van der Waals surface area contributed by atoms with Crippen molar-refractivity contribution >= 4 is 30.1 Å². The topological polar surface area (TPSA) is 81.8 Å². The molecule has 2 heterocycles. The molecule has 0 radical (unpaired) electrons. The lowest BCUT2D eigenvalue weighted by Gasteiger charge is -2.46. The zero-order valence-corrected chi connectivity index (χ0v) is 23.0. The number of carbonyl (C=O) groups excluding carboxylic acids is 3. The Morgan fingerprint density at radius 1 is 1.03 bits per heavy atom. The highest BCUT2D eigenvalue weighted by Gasteiger charge is 2.50. The van der Waals surface area contributed by atoms with E-state index in [1.165, 1.54) is 11.0 Å². The molecule has 0 aromatic heterocycles. The predicted molar refractivity (Wildman–Crippen MR) is 145 cm³/mol. The van der Waals surface area contributed by atoms with Crippen LogP contribution >= 0.6 is 12.4 Å². The zero-order valence-electron chi connectivity index (χ0n) is 22.2. The molecule has 2 aromatic rings. The van der Waals surface area contributed by atoms with Crippen LogP contribution in [0.3, 0.4) is 0 Å². The van der Waals surface area contributed by atoms with Crippen molar-refractivity contribution in [3.63, 3.8) is 0 Å². The summed E-state index contributed by atoms with van der Waals surface area (Å²) >= 11 is 0. The SMILES string of the molecule is CC(C)C[C@@H]1C(=O)N[C@H](C2Cc3ccccc3C2)C(=O)N1[C@@H](C(=O)N1CCNCC1)c1ccc(F)cc1F.Cl. The molecule has 10 heteroatoms. The van der Waals surface area contributed by atoms with Gasteiger partial charge >= 0.3 is 0 Å². The van der Waals surface area contributed by atoms with Crippen LogP contribution < -0.4 is 10.6 Å². The van der Waals surface area contributed by atoms with Crippen molar-refractivity contribution < 1.29 is 23.2 Å². The molecule has 2 fully saturated rings. The van der Waals surface area contributed by atoms with E-state index in [2.05, 4.69) is 10.6 Å². The lowest BCUT2D eigenvalue weighted by Crippen LogP contribution is -2.67. The number of hydrogen-bond donors (Lipinski definition) is 2. The van der Waals surface area contributed by atoms with Crippen molar-refractivity contribution in [3.05, 3.63) is 70.8 Å². The number of nitrogens with zero attached hydrogens (tertiary/aromatic N) is 2. The minimum absolute atomic E-state index is 0. The highest BCUT2D eigenvalue weighted by Crippen LogP contribution is 2.36. The molecule has 2 aliphatic heterocycles. The van der Waals surface area contributed by atoms with E-state index in [-0.39, 0.29) is 35.7 Å². The summed E-state index contributed by atoms with van der Waals surface area (Å²) in [6.45, 7) is 5.78. The van der Waals surface area contributed by atoms with Crippen LogP contribution in [0.5, 0.6) is 0 Å². The molecule has 0 saturated carbocycles. The van der Waals surface area contributed by atoms with Crippen LogP contribution in [-0.2, 0) is 27.2 Å². The van der Waals surface area contributed by atoms with Crippen molar-refractivity contribution in [2.75, 3.05) is 26.2 Å².